The average molecular weight is 305 g/mol. The minimum atomic E-state index is -0.0471. The lowest BCUT2D eigenvalue weighted by Gasteiger charge is -2.31. The molecule has 1 saturated heterocycles. The van der Waals surface area contributed by atoms with Crippen molar-refractivity contribution >= 4 is 11.7 Å². The number of ketones is 1. The Bertz CT molecular complexity index is 548. The van der Waals surface area contributed by atoms with Gasteiger partial charge in [0.05, 0.1) is 12.7 Å². The van der Waals surface area contributed by atoms with Crippen molar-refractivity contribution in [3.8, 4) is 11.5 Å². The zero-order chi connectivity index (χ0) is 16.1. The van der Waals surface area contributed by atoms with Crippen molar-refractivity contribution in [2.24, 2.45) is 5.92 Å². The van der Waals surface area contributed by atoms with E-state index in [0.717, 1.165) is 32.4 Å². The molecule has 2 rings (SSSR count). The number of hydrogen-bond acceptors (Lipinski definition) is 4. The maximum Gasteiger partial charge on any atom is 0.219 e. The molecule has 0 unspecified atom stereocenters. The lowest BCUT2D eigenvalue weighted by Crippen LogP contribution is -2.37. The Kier molecular flexibility index (Phi) is 5.41. The van der Waals surface area contributed by atoms with Crippen LogP contribution in [0.5, 0.6) is 11.5 Å². The van der Waals surface area contributed by atoms with Gasteiger partial charge in [-0.05, 0) is 37.3 Å². The lowest BCUT2D eigenvalue weighted by atomic mass is 9.90. The number of methoxy groups -OCH3 is 1. The van der Waals surface area contributed by atoms with E-state index in [-0.39, 0.29) is 17.4 Å². The van der Waals surface area contributed by atoms with Crippen LogP contribution in [0.15, 0.2) is 18.2 Å². The fourth-order valence-corrected chi connectivity index (χ4v) is 2.88. The van der Waals surface area contributed by atoms with Gasteiger partial charge in [0.15, 0.2) is 5.78 Å². The molecule has 0 saturated carbocycles. The molecular weight excluding hydrogens is 282 g/mol. The van der Waals surface area contributed by atoms with E-state index in [4.69, 9.17) is 4.74 Å². The van der Waals surface area contributed by atoms with Crippen molar-refractivity contribution in [2.45, 2.75) is 32.6 Å². The largest absolute Gasteiger partial charge is 0.507 e. The second kappa shape index (κ2) is 7.29. The van der Waals surface area contributed by atoms with Crippen LogP contribution in [0.4, 0.5) is 0 Å². The molecule has 120 valence electrons. The number of aromatic hydroxyl groups is 1. The van der Waals surface area contributed by atoms with E-state index >= 15 is 0 Å². The highest BCUT2D eigenvalue weighted by atomic mass is 16.5. The number of Topliss-reactive ketones (excluding diaryl/α,β-unsaturated/α-hetero) is 1. The molecule has 0 bridgehead atoms. The molecule has 1 amide bonds. The number of nitrogens with zero attached hydrogens (tertiary/aromatic N) is 1. The molecule has 1 heterocycles. The summed E-state index contributed by atoms with van der Waals surface area (Å²) in [6.07, 6.45) is 3.11. The third-order valence-corrected chi connectivity index (χ3v) is 4.34. The highest BCUT2D eigenvalue weighted by Gasteiger charge is 2.22. The molecule has 0 aromatic heterocycles. The molecule has 1 aliphatic heterocycles. The molecule has 0 aliphatic carbocycles. The number of piperidine rings is 1. The Morgan fingerprint density at radius 3 is 2.55 bits per heavy atom. The summed E-state index contributed by atoms with van der Waals surface area (Å²) < 4.78 is 5.01. The first-order valence-electron chi connectivity index (χ1n) is 7.67. The van der Waals surface area contributed by atoms with Gasteiger partial charge in [-0.2, -0.15) is 0 Å². The molecule has 0 radical (unpaired) electrons. The van der Waals surface area contributed by atoms with Crippen molar-refractivity contribution in [1.82, 2.24) is 4.90 Å². The van der Waals surface area contributed by atoms with Gasteiger partial charge in [-0.25, -0.2) is 0 Å². The van der Waals surface area contributed by atoms with Gasteiger partial charge < -0.3 is 14.7 Å². The molecule has 5 nitrogen and oxygen atoms in total. The molecule has 1 N–H and O–H groups in total. The molecule has 1 aliphatic rings. The Labute approximate surface area is 130 Å². The van der Waals surface area contributed by atoms with Gasteiger partial charge in [-0.1, -0.05) is 0 Å². The molecule has 5 heteroatoms. The van der Waals surface area contributed by atoms with E-state index in [1.165, 1.54) is 13.2 Å². The number of carbonyl (C=O) groups excluding carboxylic acids is 2. The summed E-state index contributed by atoms with van der Waals surface area (Å²) in [5, 5.41) is 9.88. The van der Waals surface area contributed by atoms with E-state index < -0.39 is 0 Å². The van der Waals surface area contributed by atoms with Crippen molar-refractivity contribution in [2.75, 3.05) is 20.2 Å². The van der Waals surface area contributed by atoms with Crippen molar-refractivity contribution < 1.29 is 19.4 Å². The Balaban J connectivity index is 1.85. The summed E-state index contributed by atoms with van der Waals surface area (Å²) in [5.41, 5.74) is 0.349. The highest BCUT2D eigenvalue weighted by Crippen LogP contribution is 2.27. The summed E-state index contributed by atoms with van der Waals surface area (Å²) >= 11 is 0. The molecule has 22 heavy (non-hydrogen) atoms. The minimum absolute atomic E-state index is 0.0317. The minimum Gasteiger partial charge on any atom is -0.507 e. The van der Waals surface area contributed by atoms with Crippen LogP contribution in [-0.4, -0.2) is 41.9 Å². The van der Waals surface area contributed by atoms with Gasteiger partial charge in [-0.15, -0.1) is 0 Å². The number of hydrogen-bond donors (Lipinski definition) is 1. The number of likely N-dealkylation sites (tertiary alicyclic amines) is 1. The first kappa shape index (κ1) is 16.3. The van der Waals surface area contributed by atoms with Crippen LogP contribution in [0.3, 0.4) is 0 Å². The van der Waals surface area contributed by atoms with Crippen LogP contribution in [-0.2, 0) is 4.79 Å². The topological polar surface area (TPSA) is 66.8 Å². The van der Waals surface area contributed by atoms with Crippen LogP contribution in [0, 0.1) is 5.92 Å². The summed E-state index contributed by atoms with van der Waals surface area (Å²) in [6.45, 7) is 3.15. The number of benzene rings is 1. The van der Waals surface area contributed by atoms with Gasteiger partial charge in [0.1, 0.15) is 11.5 Å². The number of ether oxygens (including phenoxy) is 1. The number of rotatable bonds is 5. The van der Waals surface area contributed by atoms with E-state index in [1.807, 2.05) is 4.90 Å². The molecular formula is C17H23NO4. The monoisotopic (exact) mass is 305 g/mol. The first-order chi connectivity index (χ1) is 10.5. The summed E-state index contributed by atoms with van der Waals surface area (Å²) in [6, 6.07) is 4.74. The van der Waals surface area contributed by atoms with E-state index in [1.54, 1.807) is 19.1 Å². The second-order valence-corrected chi connectivity index (χ2v) is 5.79. The van der Waals surface area contributed by atoms with Gasteiger partial charge in [0.2, 0.25) is 5.91 Å². The normalized spacial score (nSPS) is 15.6. The average Bonchev–Trinajstić information content (AvgIpc) is 2.52. The van der Waals surface area contributed by atoms with Gasteiger partial charge >= 0.3 is 0 Å². The Hall–Kier alpha value is -2.04. The maximum absolute atomic E-state index is 12.2. The Morgan fingerprint density at radius 2 is 2.00 bits per heavy atom. The molecule has 1 aromatic rings. The van der Waals surface area contributed by atoms with Gasteiger partial charge in [-0.3, -0.25) is 9.59 Å². The van der Waals surface area contributed by atoms with Crippen LogP contribution in [0.1, 0.15) is 43.0 Å². The fraction of sp³-hybridized carbons (Fsp3) is 0.529. The van der Waals surface area contributed by atoms with Crippen LogP contribution in [0.25, 0.3) is 0 Å². The number of phenolic OH excluding ortho intramolecular Hbond substituents is 1. The van der Waals surface area contributed by atoms with E-state index in [0.29, 0.717) is 23.7 Å². The lowest BCUT2D eigenvalue weighted by molar-refractivity contribution is -0.130. The van der Waals surface area contributed by atoms with Crippen molar-refractivity contribution in [3.63, 3.8) is 0 Å². The van der Waals surface area contributed by atoms with E-state index in [2.05, 4.69) is 0 Å². The highest BCUT2D eigenvalue weighted by molar-refractivity contribution is 5.98. The molecule has 1 fully saturated rings. The summed E-state index contributed by atoms with van der Waals surface area (Å²) in [5.74, 6) is 1.05. The Morgan fingerprint density at radius 1 is 1.32 bits per heavy atom. The third-order valence-electron chi connectivity index (χ3n) is 4.34. The number of phenols is 1. The van der Waals surface area contributed by atoms with Crippen LogP contribution >= 0.6 is 0 Å². The third kappa shape index (κ3) is 4.00. The zero-order valence-electron chi connectivity index (χ0n) is 13.2. The first-order valence-corrected chi connectivity index (χ1v) is 7.67. The fourth-order valence-electron chi connectivity index (χ4n) is 2.88. The van der Waals surface area contributed by atoms with Crippen molar-refractivity contribution in [1.29, 1.82) is 0 Å². The van der Waals surface area contributed by atoms with Crippen LogP contribution < -0.4 is 4.74 Å². The smallest absolute Gasteiger partial charge is 0.219 e. The number of amides is 1. The predicted octanol–water partition coefficient (Wildman–Crippen LogP) is 2.62. The maximum atomic E-state index is 12.2. The molecule has 1 aromatic carbocycles. The summed E-state index contributed by atoms with van der Waals surface area (Å²) in [4.78, 5) is 25.3. The molecule has 0 atom stereocenters. The number of carbonyl (C=O) groups is 2. The second-order valence-electron chi connectivity index (χ2n) is 5.79. The van der Waals surface area contributed by atoms with Gasteiger partial charge in [0, 0.05) is 32.5 Å². The standard InChI is InChI=1S/C17H23NO4/c1-12(19)18-9-7-13(8-10-18)3-6-16(20)15-5-4-14(22-2)11-17(15)21/h4-5,11,13,21H,3,6-10H2,1-2H3. The van der Waals surface area contributed by atoms with Gasteiger partial charge in [0.25, 0.3) is 0 Å². The zero-order valence-corrected chi connectivity index (χ0v) is 13.2. The van der Waals surface area contributed by atoms with E-state index in [9.17, 15) is 14.7 Å². The SMILES string of the molecule is COc1ccc(C(=O)CCC2CCN(C(C)=O)CC2)c(O)c1. The van der Waals surface area contributed by atoms with Crippen molar-refractivity contribution in [3.05, 3.63) is 23.8 Å². The summed E-state index contributed by atoms with van der Waals surface area (Å²) in [7, 11) is 1.52. The quantitative estimate of drug-likeness (QED) is 0.849. The van der Waals surface area contributed by atoms with Crippen LogP contribution in [0.2, 0.25) is 0 Å². The molecule has 0 spiro atoms. The predicted molar refractivity (Wildman–Crippen MR) is 83.2 cm³/mol.